The van der Waals surface area contributed by atoms with Crippen molar-refractivity contribution in [2.75, 3.05) is 26.2 Å². The summed E-state index contributed by atoms with van der Waals surface area (Å²) >= 11 is 0. The maximum atomic E-state index is 12.7. The number of carbonyl (C=O) groups excluding carboxylic acids is 2. The Kier molecular flexibility index (Phi) is 5.54. The number of hydrogen-bond acceptors (Lipinski definition) is 2. The van der Waals surface area contributed by atoms with E-state index in [1.807, 2.05) is 35.2 Å². The lowest BCUT2D eigenvalue weighted by Crippen LogP contribution is -2.47. The van der Waals surface area contributed by atoms with Crippen molar-refractivity contribution in [3.8, 4) is 0 Å². The molecule has 2 amide bonds. The van der Waals surface area contributed by atoms with Crippen LogP contribution in [0.2, 0.25) is 0 Å². The highest BCUT2D eigenvalue weighted by Gasteiger charge is 2.31. The summed E-state index contributed by atoms with van der Waals surface area (Å²) in [5, 5.41) is 0. The van der Waals surface area contributed by atoms with Crippen LogP contribution in [0.25, 0.3) is 0 Å². The van der Waals surface area contributed by atoms with Gasteiger partial charge in [0.05, 0.1) is 6.42 Å². The molecule has 0 aromatic heterocycles. The van der Waals surface area contributed by atoms with Gasteiger partial charge in [-0.3, -0.25) is 9.59 Å². The third-order valence-electron chi connectivity index (χ3n) is 5.36. The number of nitrogens with zero attached hydrogens (tertiary/aromatic N) is 2. The molecule has 2 heterocycles. The molecule has 1 atom stereocenters. The molecule has 2 aliphatic heterocycles. The molecular formula is C20H28N2O2. The first-order valence-electron chi connectivity index (χ1n) is 9.24. The minimum absolute atomic E-state index is 0.107. The monoisotopic (exact) mass is 328 g/mol. The second kappa shape index (κ2) is 7.82. The van der Waals surface area contributed by atoms with E-state index >= 15 is 0 Å². The normalized spacial score (nSPS) is 22.5. The Bertz CT molecular complexity index is 564. The lowest BCUT2D eigenvalue weighted by Gasteiger charge is -2.37. The first-order chi connectivity index (χ1) is 11.6. The Morgan fingerprint density at radius 2 is 1.71 bits per heavy atom. The van der Waals surface area contributed by atoms with Gasteiger partial charge in [-0.1, -0.05) is 37.3 Å². The minimum atomic E-state index is 0.107. The molecule has 0 radical (unpaired) electrons. The molecule has 0 saturated carbocycles. The van der Waals surface area contributed by atoms with Crippen molar-refractivity contribution in [1.82, 2.24) is 9.80 Å². The van der Waals surface area contributed by atoms with E-state index in [0.29, 0.717) is 31.3 Å². The highest BCUT2D eigenvalue weighted by Crippen LogP contribution is 2.24. The van der Waals surface area contributed by atoms with Gasteiger partial charge in [-0.15, -0.1) is 0 Å². The summed E-state index contributed by atoms with van der Waals surface area (Å²) in [5.74, 6) is 1.22. The predicted octanol–water partition coefficient (Wildman–Crippen LogP) is 2.73. The zero-order valence-corrected chi connectivity index (χ0v) is 14.6. The molecule has 2 fully saturated rings. The lowest BCUT2D eigenvalue weighted by atomic mass is 9.92. The summed E-state index contributed by atoms with van der Waals surface area (Å²) in [4.78, 5) is 29.1. The third kappa shape index (κ3) is 4.16. The van der Waals surface area contributed by atoms with E-state index < -0.39 is 0 Å². The van der Waals surface area contributed by atoms with Crippen LogP contribution in [0.1, 0.15) is 38.2 Å². The molecule has 24 heavy (non-hydrogen) atoms. The van der Waals surface area contributed by atoms with Crippen LogP contribution in [-0.4, -0.2) is 47.8 Å². The molecule has 0 spiro atoms. The van der Waals surface area contributed by atoms with Gasteiger partial charge in [0.25, 0.3) is 0 Å². The molecule has 2 saturated heterocycles. The topological polar surface area (TPSA) is 40.6 Å². The van der Waals surface area contributed by atoms with Crippen LogP contribution < -0.4 is 0 Å². The number of hydrogen-bond donors (Lipinski definition) is 0. The van der Waals surface area contributed by atoms with E-state index in [1.54, 1.807) is 0 Å². The molecule has 4 nitrogen and oxygen atoms in total. The van der Waals surface area contributed by atoms with E-state index in [0.717, 1.165) is 37.9 Å². The van der Waals surface area contributed by atoms with Gasteiger partial charge in [-0.05, 0) is 37.2 Å². The van der Waals surface area contributed by atoms with Gasteiger partial charge < -0.3 is 9.80 Å². The summed E-state index contributed by atoms with van der Waals surface area (Å²) in [6, 6.07) is 9.88. The Balaban J connectivity index is 1.48. The van der Waals surface area contributed by atoms with E-state index in [-0.39, 0.29) is 11.8 Å². The average Bonchev–Trinajstić information content (AvgIpc) is 2.62. The summed E-state index contributed by atoms with van der Waals surface area (Å²) in [5.41, 5.74) is 1.06. The number of amides is 2. The SMILES string of the molecule is CC1CCCN(C(=O)C2CCN(C(=O)Cc3ccccc3)CC2)C1. The van der Waals surface area contributed by atoms with Gasteiger partial charge in [0, 0.05) is 32.1 Å². The van der Waals surface area contributed by atoms with Crippen molar-refractivity contribution in [2.45, 2.75) is 39.0 Å². The largest absolute Gasteiger partial charge is 0.342 e. The highest BCUT2D eigenvalue weighted by atomic mass is 16.2. The molecule has 0 aliphatic carbocycles. The molecule has 1 aromatic carbocycles. The number of benzene rings is 1. The molecule has 1 aromatic rings. The maximum absolute atomic E-state index is 12.7. The van der Waals surface area contributed by atoms with Crippen molar-refractivity contribution in [2.24, 2.45) is 11.8 Å². The zero-order chi connectivity index (χ0) is 16.9. The van der Waals surface area contributed by atoms with Crippen LogP contribution in [0.5, 0.6) is 0 Å². The van der Waals surface area contributed by atoms with Gasteiger partial charge >= 0.3 is 0 Å². The fourth-order valence-corrected chi connectivity index (χ4v) is 3.91. The Labute approximate surface area is 144 Å². The first kappa shape index (κ1) is 17.0. The Morgan fingerprint density at radius 1 is 1.00 bits per heavy atom. The fourth-order valence-electron chi connectivity index (χ4n) is 3.91. The molecular weight excluding hydrogens is 300 g/mol. The van der Waals surface area contributed by atoms with Crippen LogP contribution in [0, 0.1) is 11.8 Å². The standard InChI is InChI=1S/C20H28N2O2/c1-16-6-5-11-22(15-16)20(24)18-9-12-21(13-10-18)19(23)14-17-7-3-2-4-8-17/h2-4,7-8,16,18H,5-6,9-15H2,1H3. The molecule has 1 unspecified atom stereocenters. The van der Waals surface area contributed by atoms with E-state index in [2.05, 4.69) is 11.8 Å². The van der Waals surface area contributed by atoms with Crippen LogP contribution >= 0.6 is 0 Å². The lowest BCUT2D eigenvalue weighted by molar-refractivity contribution is -0.141. The Hall–Kier alpha value is -1.84. The van der Waals surface area contributed by atoms with Gasteiger partial charge in [0.2, 0.25) is 11.8 Å². The first-order valence-corrected chi connectivity index (χ1v) is 9.24. The van der Waals surface area contributed by atoms with Gasteiger partial charge in [-0.25, -0.2) is 0 Å². The number of rotatable bonds is 3. The number of piperidine rings is 2. The fraction of sp³-hybridized carbons (Fsp3) is 0.600. The molecule has 4 heteroatoms. The summed E-state index contributed by atoms with van der Waals surface area (Å²) < 4.78 is 0. The van der Waals surface area contributed by atoms with E-state index in [1.165, 1.54) is 6.42 Å². The van der Waals surface area contributed by atoms with Crippen LogP contribution in [-0.2, 0) is 16.0 Å². The van der Waals surface area contributed by atoms with E-state index in [4.69, 9.17) is 0 Å². The molecule has 130 valence electrons. The van der Waals surface area contributed by atoms with Crippen molar-refractivity contribution < 1.29 is 9.59 Å². The Morgan fingerprint density at radius 3 is 2.38 bits per heavy atom. The molecule has 3 rings (SSSR count). The molecule has 2 aliphatic rings. The minimum Gasteiger partial charge on any atom is -0.342 e. The summed E-state index contributed by atoms with van der Waals surface area (Å²) in [6.45, 7) is 5.48. The van der Waals surface area contributed by atoms with Crippen molar-refractivity contribution in [3.05, 3.63) is 35.9 Å². The van der Waals surface area contributed by atoms with Crippen molar-refractivity contribution in [3.63, 3.8) is 0 Å². The van der Waals surface area contributed by atoms with Crippen LogP contribution in [0.4, 0.5) is 0 Å². The van der Waals surface area contributed by atoms with Crippen LogP contribution in [0.15, 0.2) is 30.3 Å². The highest BCUT2D eigenvalue weighted by molar-refractivity contribution is 5.81. The second-order valence-corrected chi connectivity index (χ2v) is 7.35. The average molecular weight is 328 g/mol. The van der Waals surface area contributed by atoms with Gasteiger partial charge in [0.1, 0.15) is 0 Å². The van der Waals surface area contributed by atoms with Crippen LogP contribution in [0.3, 0.4) is 0 Å². The maximum Gasteiger partial charge on any atom is 0.226 e. The number of likely N-dealkylation sites (tertiary alicyclic amines) is 2. The summed E-state index contributed by atoms with van der Waals surface area (Å²) in [6.07, 6.45) is 4.44. The van der Waals surface area contributed by atoms with Gasteiger partial charge in [-0.2, -0.15) is 0 Å². The quantitative estimate of drug-likeness (QED) is 0.856. The van der Waals surface area contributed by atoms with Crippen molar-refractivity contribution >= 4 is 11.8 Å². The van der Waals surface area contributed by atoms with E-state index in [9.17, 15) is 9.59 Å². The second-order valence-electron chi connectivity index (χ2n) is 7.35. The smallest absolute Gasteiger partial charge is 0.226 e. The molecule has 0 N–H and O–H groups in total. The van der Waals surface area contributed by atoms with Crippen molar-refractivity contribution in [1.29, 1.82) is 0 Å². The molecule has 0 bridgehead atoms. The zero-order valence-electron chi connectivity index (χ0n) is 14.6. The van der Waals surface area contributed by atoms with Gasteiger partial charge in [0.15, 0.2) is 0 Å². The predicted molar refractivity (Wildman–Crippen MR) is 94.4 cm³/mol. The number of carbonyl (C=O) groups is 2. The third-order valence-corrected chi connectivity index (χ3v) is 5.36. The summed E-state index contributed by atoms with van der Waals surface area (Å²) in [7, 11) is 0.